The lowest BCUT2D eigenvalue weighted by Gasteiger charge is -1.98. The molecule has 1 heteroatoms. The number of allylic oxidation sites excluding steroid dienone is 2. The summed E-state index contributed by atoms with van der Waals surface area (Å²) in [5.41, 5.74) is 0. The van der Waals surface area contributed by atoms with Crippen LogP contribution in [-0.4, -0.2) is 0 Å². The summed E-state index contributed by atoms with van der Waals surface area (Å²) >= 11 is 2.34. The highest BCUT2D eigenvalue weighted by Crippen LogP contribution is 2.10. The topological polar surface area (TPSA) is 0 Å². The van der Waals surface area contributed by atoms with Gasteiger partial charge in [-0.3, -0.25) is 0 Å². The van der Waals surface area contributed by atoms with Gasteiger partial charge in [0, 0.05) is 0 Å². The van der Waals surface area contributed by atoms with Crippen molar-refractivity contribution in [2.24, 2.45) is 5.92 Å². The van der Waals surface area contributed by atoms with Gasteiger partial charge in [-0.15, -0.1) is 0 Å². The highest BCUT2D eigenvalue weighted by atomic mass is 127. The van der Waals surface area contributed by atoms with Gasteiger partial charge in [0.1, 0.15) is 0 Å². The van der Waals surface area contributed by atoms with Gasteiger partial charge in [-0.05, 0) is 39.0 Å². The monoisotopic (exact) mass is 224 g/mol. The smallest absolute Gasteiger partial charge is 0.0162 e. The van der Waals surface area contributed by atoms with E-state index in [4.69, 9.17) is 0 Å². The molecule has 0 aromatic rings. The molecule has 0 aliphatic heterocycles. The van der Waals surface area contributed by atoms with Gasteiger partial charge in [0.25, 0.3) is 0 Å². The summed E-state index contributed by atoms with van der Waals surface area (Å²) in [4.78, 5) is 0. The Labute approximate surface area is 65.5 Å². The van der Waals surface area contributed by atoms with E-state index in [9.17, 15) is 0 Å². The molecule has 0 spiro atoms. The van der Waals surface area contributed by atoms with Crippen LogP contribution in [-0.2, 0) is 0 Å². The molecule has 0 radical (unpaired) electrons. The molecular weight excluding hydrogens is 211 g/mol. The van der Waals surface area contributed by atoms with Crippen LogP contribution in [0.3, 0.4) is 0 Å². The second kappa shape index (κ2) is 4.36. The number of rotatable bonds is 2. The van der Waals surface area contributed by atoms with Crippen molar-refractivity contribution in [3.8, 4) is 0 Å². The van der Waals surface area contributed by atoms with Gasteiger partial charge in [0.15, 0.2) is 0 Å². The fourth-order valence-electron chi connectivity index (χ4n) is 0.510. The molecule has 0 aliphatic carbocycles. The molecule has 0 bridgehead atoms. The molecule has 0 heterocycles. The third-order valence-electron chi connectivity index (χ3n) is 1.16. The summed E-state index contributed by atoms with van der Waals surface area (Å²) in [6.07, 6.45) is 3.54. The first-order chi connectivity index (χ1) is 3.66. The van der Waals surface area contributed by atoms with E-state index in [2.05, 4.69) is 49.4 Å². The van der Waals surface area contributed by atoms with Gasteiger partial charge < -0.3 is 0 Å². The molecule has 1 atom stereocenters. The van der Waals surface area contributed by atoms with E-state index in [0.717, 1.165) is 5.92 Å². The molecule has 48 valence electrons. The van der Waals surface area contributed by atoms with Crippen LogP contribution in [0.2, 0.25) is 0 Å². The highest BCUT2D eigenvalue weighted by molar-refractivity contribution is 14.1. The van der Waals surface area contributed by atoms with Gasteiger partial charge in [0.2, 0.25) is 0 Å². The Balaban J connectivity index is 3.51. The molecule has 0 N–H and O–H groups in total. The van der Waals surface area contributed by atoms with Crippen LogP contribution < -0.4 is 0 Å². The van der Waals surface area contributed by atoms with Crippen molar-refractivity contribution in [2.45, 2.75) is 27.2 Å². The van der Waals surface area contributed by atoms with Crippen LogP contribution in [0.1, 0.15) is 27.2 Å². The first-order valence-corrected chi connectivity index (χ1v) is 4.08. The van der Waals surface area contributed by atoms with Crippen molar-refractivity contribution >= 4 is 22.6 Å². The lowest BCUT2D eigenvalue weighted by Crippen LogP contribution is -1.83. The molecule has 0 aromatic carbocycles. The van der Waals surface area contributed by atoms with Crippen molar-refractivity contribution in [1.29, 1.82) is 0 Å². The molecule has 0 aromatic heterocycles. The summed E-state index contributed by atoms with van der Waals surface area (Å²) in [6.45, 7) is 6.58. The molecule has 8 heavy (non-hydrogen) atoms. The van der Waals surface area contributed by atoms with Gasteiger partial charge in [-0.2, -0.15) is 0 Å². The summed E-state index contributed by atoms with van der Waals surface area (Å²) in [7, 11) is 0. The molecule has 0 aliphatic rings. The number of hydrogen-bond donors (Lipinski definition) is 0. The Hall–Kier alpha value is 0.470. The number of halogens is 1. The Morgan fingerprint density at radius 2 is 2.25 bits per heavy atom. The fraction of sp³-hybridized carbons (Fsp3) is 0.714. The summed E-state index contributed by atoms with van der Waals surface area (Å²) in [5.74, 6) is 0.756. The van der Waals surface area contributed by atoms with Crippen molar-refractivity contribution in [1.82, 2.24) is 0 Å². The van der Waals surface area contributed by atoms with E-state index in [1.807, 2.05) is 0 Å². The van der Waals surface area contributed by atoms with E-state index in [1.165, 1.54) is 10.0 Å². The average Bonchev–Trinajstić information content (AvgIpc) is 1.65. The van der Waals surface area contributed by atoms with Crippen LogP contribution >= 0.6 is 22.6 Å². The molecule has 0 fully saturated rings. The summed E-state index contributed by atoms with van der Waals surface area (Å²) in [5, 5.41) is 0. The SMILES string of the molecule is CCC(C)/C=C(\C)I. The minimum Gasteiger partial charge on any atom is -0.0727 e. The van der Waals surface area contributed by atoms with Crippen LogP contribution in [0.4, 0.5) is 0 Å². The molecule has 1 unspecified atom stereocenters. The van der Waals surface area contributed by atoms with E-state index < -0.39 is 0 Å². The van der Waals surface area contributed by atoms with Crippen molar-refractivity contribution < 1.29 is 0 Å². The Kier molecular flexibility index (Phi) is 4.61. The van der Waals surface area contributed by atoms with Crippen LogP contribution in [0.5, 0.6) is 0 Å². The predicted molar refractivity (Wildman–Crippen MR) is 47.2 cm³/mol. The Bertz CT molecular complexity index is 80.4. The van der Waals surface area contributed by atoms with Gasteiger partial charge in [0.05, 0.1) is 0 Å². The van der Waals surface area contributed by atoms with Crippen LogP contribution in [0, 0.1) is 5.92 Å². The third kappa shape index (κ3) is 4.62. The average molecular weight is 224 g/mol. The first-order valence-electron chi connectivity index (χ1n) is 3.00. The Morgan fingerprint density at radius 3 is 2.38 bits per heavy atom. The molecule has 0 saturated carbocycles. The largest absolute Gasteiger partial charge is 0.0727 e. The number of hydrogen-bond acceptors (Lipinski definition) is 0. The minimum atomic E-state index is 0.756. The van der Waals surface area contributed by atoms with Crippen LogP contribution in [0.15, 0.2) is 9.66 Å². The second-order valence-corrected chi connectivity index (χ2v) is 3.84. The van der Waals surface area contributed by atoms with Gasteiger partial charge in [-0.1, -0.05) is 26.3 Å². The highest BCUT2D eigenvalue weighted by Gasteiger charge is 1.90. The molecule has 0 rings (SSSR count). The maximum atomic E-state index is 2.34. The molecule has 0 nitrogen and oxygen atoms in total. The Morgan fingerprint density at radius 1 is 1.75 bits per heavy atom. The molecule has 0 saturated heterocycles. The third-order valence-corrected chi connectivity index (χ3v) is 1.52. The maximum absolute atomic E-state index is 2.34. The maximum Gasteiger partial charge on any atom is -0.0162 e. The van der Waals surface area contributed by atoms with E-state index >= 15 is 0 Å². The zero-order valence-corrected chi connectivity index (χ0v) is 7.90. The lowest BCUT2D eigenvalue weighted by molar-refractivity contribution is 0.697. The van der Waals surface area contributed by atoms with Crippen molar-refractivity contribution in [3.05, 3.63) is 9.66 Å². The van der Waals surface area contributed by atoms with Crippen LogP contribution in [0.25, 0.3) is 0 Å². The zero-order chi connectivity index (χ0) is 6.57. The second-order valence-electron chi connectivity index (χ2n) is 2.14. The quantitative estimate of drug-likeness (QED) is 0.631. The van der Waals surface area contributed by atoms with E-state index in [0.29, 0.717) is 0 Å². The van der Waals surface area contributed by atoms with Crippen molar-refractivity contribution in [2.75, 3.05) is 0 Å². The first kappa shape index (κ1) is 8.47. The zero-order valence-electron chi connectivity index (χ0n) is 5.74. The standard InChI is InChI=1S/C7H13I/c1-4-6(2)5-7(3)8/h5-6H,4H2,1-3H3/b7-5+. The minimum absolute atomic E-state index is 0.756. The molecule has 0 amide bonds. The van der Waals surface area contributed by atoms with E-state index in [1.54, 1.807) is 0 Å². The van der Waals surface area contributed by atoms with Crippen molar-refractivity contribution in [3.63, 3.8) is 0 Å². The molecular formula is C7H13I. The lowest BCUT2D eigenvalue weighted by atomic mass is 10.1. The summed E-state index contributed by atoms with van der Waals surface area (Å²) in [6, 6.07) is 0. The predicted octanol–water partition coefficient (Wildman–Crippen LogP) is 3.37. The van der Waals surface area contributed by atoms with Gasteiger partial charge in [-0.25, -0.2) is 0 Å². The fourth-order valence-corrected chi connectivity index (χ4v) is 1.12. The normalized spacial score (nSPS) is 16.2. The van der Waals surface area contributed by atoms with Gasteiger partial charge >= 0.3 is 0 Å². The van der Waals surface area contributed by atoms with E-state index in [-0.39, 0.29) is 0 Å². The summed E-state index contributed by atoms with van der Waals surface area (Å²) < 4.78 is 1.40.